The van der Waals surface area contributed by atoms with Crippen LogP contribution in [0.5, 0.6) is 0 Å². The molecule has 1 atom stereocenters. The van der Waals surface area contributed by atoms with Crippen molar-refractivity contribution in [3.05, 3.63) is 29.3 Å². The van der Waals surface area contributed by atoms with Crippen LogP contribution < -0.4 is 11.1 Å². The highest BCUT2D eigenvalue weighted by molar-refractivity contribution is 5.94. The van der Waals surface area contributed by atoms with Gasteiger partial charge in [-0.15, -0.1) is 0 Å². The molecule has 1 amide bonds. The largest absolute Gasteiger partial charge is 0.481 e. The SMILES string of the molecule is Cc1cc(NCCCC(C)C(=O)O)ccc1C(N)=O. The number of rotatable bonds is 7. The van der Waals surface area contributed by atoms with Crippen molar-refractivity contribution in [3.8, 4) is 0 Å². The molecule has 0 aliphatic carbocycles. The minimum Gasteiger partial charge on any atom is -0.481 e. The molecule has 1 rings (SSSR count). The zero-order valence-corrected chi connectivity index (χ0v) is 11.3. The number of carboxylic acids is 1. The number of nitrogens with one attached hydrogen (secondary N) is 1. The molecule has 1 aromatic carbocycles. The summed E-state index contributed by atoms with van der Waals surface area (Å²) < 4.78 is 0. The first-order valence-corrected chi connectivity index (χ1v) is 6.29. The first-order valence-electron chi connectivity index (χ1n) is 6.29. The molecule has 4 N–H and O–H groups in total. The monoisotopic (exact) mass is 264 g/mol. The summed E-state index contributed by atoms with van der Waals surface area (Å²) in [7, 11) is 0. The van der Waals surface area contributed by atoms with E-state index in [9.17, 15) is 9.59 Å². The molecule has 0 saturated heterocycles. The standard InChI is InChI=1S/C14H20N2O3/c1-9(14(18)19)4-3-7-16-11-5-6-12(13(15)17)10(2)8-11/h5-6,8-9,16H,3-4,7H2,1-2H3,(H2,15,17)(H,18,19). The van der Waals surface area contributed by atoms with Crippen molar-refractivity contribution in [3.63, 3.8) is 0 Å². The summed E-state index contributed by atoms with van der Waals surface area (Å²) in [4.78, 5) is 21.7. The molecule has 0 spiro atoms. The Balaban J connectivity index is 2.44. The quantitative estimate of drug-likeness (QED) is 0.657. The number of amides is 1. The number of hydrogen-bond acceptors (Lipinski definition) is 3. The van der Waals surface area contributed by atoms with Gasteiger partial charge in [0.15, 0.2) is 0 Å². The second-order valence-electron chi connectivity index (χ2n) is 4.70. The molecule has 104 valence electrons. The van der Waals surface area contributed by atoms with Gasteiger partial charge in [-0.2, -0.15) is 0 Å². The van der Waals surface area contributed by atoms with Crippen LogP contribution in [0.3, 0.4) is 0 Å². The third-order valence-corrected chi connectivity index (χ3v) is 3.06. The van der Waals surface area contributed by atoms with Crippen LogP contribution in [-0.4, -0.2) is 23.5 Å². The van der Waals surface area contributed by atoms with Gasteiger partial charge < -0.3 is 16.2 Å². The van der Waals surface area contributed by atoms with Crippen molar-refractivity contribution >= 4 is 17.6 Å². The molecule has 0 saturated carbocycles. The highest BCUT2D eigenvalue weighted by Crippen LogP contribution is 2.15. The predicted octanol–water partition coefficient (Wildman–Crippen LogP) is 2.01. The van der Waals surface area contributed by atoms with Crippen molar-refractivity contribution in [2.75, 3.05) is 11.9 Å². The summed E-state index contributed by atoms with van der Waals surface area (Å²) >= 11 is 0. The molecule has 0 heterocycles. The summed E-state index contributed by atoms with van der Waals surface area (Å²) in [6, 6.07) is 5.36. The number of benzene rings is 1. The van der Waals surface area contributed by atoms with Gasteiger partial charge in [-0.25, -0.2) is 0 Å². The number of nitrogens with two attached hydrogens (primary N) is 1. The predicted molar refractivity (Wildman–Crippen MR) is 74.2 cm³/mol. The van der Waals surface area contributed by atoms with E-state index < -0.39 is 11.9 Å². The molecule has 19 heavy (non-hydrogen) atoms. The van der Waals surface area contributed by atoms with Gasteiger partial charge in [0.1, 0.15) is 0 Å². The Labute approximate surface area is 112 Å². The van der Waals surface area contributed by atoms with Gasteiger partial charge >= 0.3 is 5.97 Å². The number of carbonyl (C=O) groups excluding carboxylic acids is 1. The zero-order chi connectivity index (χ0) is 14.4. The maximum absolute atomic E-state index is 11.1. The lowest BCUT2D eigenvalue weighted by atomic mass is 10.1. The van der Waals surface area contributed by atoms with Crippen LogP contribution in [0, 0.1) is 12.8 Å². The van der Waals surface area contributed by atoms with Gasteiger partial charge in [-0.05, 0) is 43.5 Å². The fraction of sp³-hybridized carbons (Fsp3) is 0.429. The van der Waals surface area contributed by atoms with E-state index in [2.05, 4.69) is 5.32 Å². The Morgan fingerprint density at radius 2 is 2.11 bits per heavy atom. The maximum Gasteiger partial charge on any atom is 0.306 e. The van der Waals surface area contributed by atoms with E-state index in [1.54, 1.807) is 19.1 Å². The molecule has 0 aliphatic heterocycles. The molecule has 1 unspecified atom stereocenters. The summed E-state index contributed by atoms with van der Waals surface area (Å²) in [6.07, 6.45) is 1.42. The number of carbonyl (C=O) groups is 2. The van der Waals surface area contributed by atoms with Crippen LogP contribution in [0.2, 0.25) is 0 Å². The molecule has 5 nitrogen and oxygen atoms in total. The Morgan fingerprint density at radius 1 is 1.42 bits per heavy atom. The van der Waals surface area contributed by atoms with Gasteiger partial charge in [-0.1, -0.05) is 6.92 Å². The maximum atomic E-state index is 11.1. The fourth-order valence-electron chi connectivity index (χ4n) is 1.81. The van der Waals surface area contributed by atoms with Gasteiger partial charge in [0.05, 0.1) is 5.92 Å². The highest BCUT2D eigenvalue weighted by Gasteiger charge is 2.09. The lowest BCUT2D eigenvalue weighted by Crippen LogP contribution is -2.13. The smallest absolute Gasteiger partial charge is 0.306 e. The summed E-state index contributed by atoms with van der Waals surface area (Å²) in [6.45, 7) is 4.24. The Hall–Kier alpha value is -2.04. The number of aryl methyl sites for hydroxylation is 1. The van der Waals surface area contributed by atoms with Gasteiger partial charge in [0, 0.05) is 17.8 Å². The van der Waals surface area contributed by atoms with Crippen LogP contribution in [0.15, 0.2) is 18.2 Å². The van der Waals surface area contributed by atoms with E-state index in [-0.39, 0.29) is 5.92 Å². The summed E-state index contributed by atoms with van der Waals surface area (Å²) in [5.74, 6) is -1.51. The average molecular weight is 264 g/mol. The number of aliphatic carboxylic acids is 1. The highest BCUT2D eigenvalue weighted by atomic mass is 16.4. The van der Waals surface area contributed by atoms with E-state index in [4.69, 9.17) is 10.8 Å². The average Bonchev–Trinajstić information content (AvgIpc) is 2.33. The van der Waals surface area contributed by atoms with Crippen LogP contribution in [0.1, 0.15) is 35.7 Å². The molecule has 0 bridgehead atoms. The molecule has 0 radical (unpaired) electrons. The van der Waals surface area contributed by atoms with Gasteiger partial charge in [0.25, 0.3) is 0 Å². The van der Waals surface area contributed by atoms with E-state index in [0.717, 1.165) is 17.7 Å². The number of carboxylic acid groups (broad SMARTS) is 1. The molecule has 5 heteroatoms. The van der Waals surface area contributed by atoms with Crippen LogP contribution in [-0.2, 0) is 4.79 Å². The number of hydrogen-bond donors (Lipinski definition) is 3. The van der Waals surface area contributed by atoms with Crippen LogP contribution in [0.4, 0.5) is 5.69 Å². The molecule has 0 aliphatic rings. The molecular formula is C14H20N2O3. The van der Waals surface area contributed by atoms with Crippen LogP contribution >= 0.6 is 0 Å². The lowest BCUT2D eigenvalue weighted by molar-refractivity contribution is -0.141. The van der Waals surface area contributed by atoms with E-state index in [0.29, 0.717) is 18.5 Å². The van der Waals surface area contributed by atoms with Crippen molar-refractivity contribution in [2.45, 2.75) is 26.7 Å². The normalized spacial score (nSPS) is 11.9. The van der Waals surface area contributed by atoms with E-state index in [1.807, 2.05) is 13.0 Å². The minimum absolute atomic E-state index is 0.319. The number of primary amides is 1. The van der Waals surface area contributed by atoms with Gasteiger partial charge in [0.2, 0.25) is 5.91 Å². The second kappa shape index (κ2) is 6.78. The topological polar surface area (TPSA) is 92.4 Å². The third kappa shape index (κ3) is 4.62. The minimum atomic E-state index is -0.762. The molecule has 0 aromatic heterocycles. The van der Waals surface area contributed by atoms with Crippen molar-refractivity contribution in [1.29, 1.82) is 0 Å². The summed E-state index contributed by atoms with van der Waals surface area (Å²) in [5, 5.41) is 12.0. The fourth-order valence-corrected chi connectivity index (χ4v) is 1.81. The van der Waals surface area contributed by atoms with Gasteiger partial charge in [-0.3, -0.25) is 9.59 Å². The van der Waals surface area contributed by atoms with Crippen molar-refractivity contribution < 1.29 is 14.7 Å². The van der Waals surface area contributed by atoms with Crippen LogP contribution in [0.25, 0.3) is 0 Å². The van der Waals surface area contributed by atoms with Crippen molar-refractivity contribution in [1.82, 2.24) is 0 Å². The Kier molecular flexibility index (Phi) is 5.36. The first-order chi connectivity index (χ1) is 8.91. The van der Waals surface area contributed by atoms with E-state index in [1.165, 1.54) is 0 Å². The summed E-state index contributed by atoms with van der Waals surface area (Å²) in [5.41, 5.74) is 7.49. The number of anilines is 1. The Bertz CT molecular complexity index is 472. The molecule has 1 aromatic rings. The molecular weight excluding hydrogens is 244 g/mol. The second-order valence-corrected chi connectivity index (χ2v) is 4.70. The zero-order valence-electron chi connectivity index (χ0n) is 11.3. The Morgan fingerprint density at radius 3 is 2.63 bits per heavy atom. The van der Waals surface area contributed by atoms with E-state index >= 15 is 0 Å². The molecule has 0 fully saturated rings. The van der Waals surface area contributed by atoms with Crippen molar-refractivity contribution in [2.24, 2.45) is 11.7 Å². The first kappa shape index (κ1) is 15.0. The third-order valence-electron chi connectivity index (χ3n) is 3.06. The lowest BCUT2D eigenvalue weighted by Gasteiger charge is -2.10.